The fraction of sp³-hybridized carbons (Fsp3) is 0.333. The minimum atomic E-state index is -3.31. The van der Waals surface area contributed by atoms with Gasteiger partial charge in [0.25, 0.3) is 0 Å². The maximum atomic E-state index is 11.7. The molecule has 0 aliphatic carbocycles. The third-order valence-electron chi connectivity index (χ3n) is 2.16. The number of fused-ring (bicyclic) bond motifs is 1. The van der Waals surface area contributed by atoms with Crippen molar-refractivity contribution in [2.75, 3.05) is 18.4 Å². The van der Waals surface area contributed by atoms with E-state index in [1.165, 1.54) is 0 Å². The number of sulfonamides is 1. The zero-order chi connectivity index (χ0) is 10.2. The molecule has 0 bridgehead atoms. The van der Waals surface area contributed by atoms with E-state index in [1.54, 1.807) is 12.1 Å². The van der Waals surface area contributed by atoms with Gasteiger partial charge in [0.2, 0.25) is 10.0 Å². The van der Waals surface area contributed by atoms with Gasteiger partial charge in [0.05, 0.1) is 5.69 Å². The molecule has 0 saturated carbocycles. The lowest BCUT2D eigenvalue weighted by Crippen LogP contribution is -2.25. The van der Waals surface area contributed by atoms with E-state index in [0.717, 1.165) is 5.56 Å². The Hall–Kier alpha value is -1.07. The molecule has 0 radical (unpaired) electrons. The minimum Gasteiger partial charge on any atom is -0.383 e. The van der Waals surface area contributed by atoms with Crippen LogP contribution in [0.15, 0.2) is 23.1 Å². The van der Waals surface area contributed by atoms with Gasteiger partial charge in [-0.2, -0.15) is 0 Å². The van der Waals surface area contributed by atoms with E-state index in [2.05, 4.69) is 10.0 Å². The standard InChI is InChI=1S/C9H12N2O2S/c1-7-2-3-8-9(6-7)14(12,13)11-5-4-10-8/h2-3,6,10-11H,4-5H2,1H3. The average Bonchev–Trinajstić information content (AvgIpc) is 2.26. The summed E-state index contributed by atoms with van der Waals surface area (Å²) in [4.78, 5) is 0.343. The Labute approximate surface area is 83.4 Å². The van der Waals surface area contributed by atoms with E-state index in [9.17, 15) is 8.42 Å². The number of nitrogens with one attached hydrogen (secondary N) is 2. The number of benzene rings is 1. The number of aryl methyl sites for hydroxylation is 1. The fourth-order valence-electron chi connectivity index (χ4n) is 1.46. The van der Waals surface area contributed by atoms with Crippen molar-refractivity contribution in [2.24, 2.45) is 0 Å². The summed E-state index contributed by atoms with van der Waals surface area (Å²) in [6.45, 7) is 2.92. The molecule has 0 unspecified atom stereocenters. The van der Waals surface area contributed by atoms with Crippen molar-refractivity contribution in [3.63, 3.8) is 0 Å². The van der Waals surface area contributed by atoms with Crippen molar-refractivity contribution >= 4 is 15.7 Å². The highest BCUT2D eigenvalue weighted by Crippen LogP contribution is 2.23. The molecule has 1 aromatic rings. The largest absolute Gasteiger partial charge is 0.383 e. The Morgan fingerprint density at radius 2 is 2.07 bits per heavy atom. The summed E-state index contributed by atoms with van der Waals surface area (Å²) in [5.41, 5.74) is 1.62. The molecule has 1 aromatic carbocycles. The van der Waals surface area contributed by atoms with Crippen molar-refractivity contribution in [1.82, 2.24) is 4.72 Å². The Morgan fingerprint density at radius 1 is 1.29 bits per heavy atom. The molecular weight excluding hydrogens is 200 g/mol. The second-order valence-electron chi connectivity index (χ2n) is 3.32. The molecule has 1 heterocycles. The molecule has 1 aliphatic rings. The maximum absolute atomic E-state index is 11.7. The quantitative estimate of drug-likeness (QED) is 0.665. The molecule has 5 heteroatoms. The predicted octanol–water partition coefficient (Wildman–Crippen LogP) is 0.699. The van der Waals surface area contributed by atoms with Crippen LogP contribution in [0.4, 0.5) is 5.69 Å². The number of anilines is 1. The first-order chi connectivity index (χ1) is 6.59. The third-order valence-corrected chi connectivity index (χ3v) is 3.66. The molecule has 0 atom stereocenters. The van der Waals surface area contributed by atoms with Crippen molar-refractivity contribution < 1.29 is 8.42 Å². The van der Waals surface area contributed by atoms with Gasteiger partial charge in [-0.15, -0.1) is 0 Å². The number of rotatable bonds is 0. The molecule has 0 aromatic heterocycles. The SMILES string of the molecule is Cc1ccc2c(c1)S(=O)(=O)NCCN2. The summed E-state index contributed by atoms with van der Waals surface area (Å²) in [7, 11) is -3.31. The van der Waals surface area contributed by atoms with Gasteiger partial charge in [0, 0.05) is 13.1 Å². The molecule has 0 fully saturated rings. The van der Waals surface area contributed by atoms with Gasteiger partial charge in [-0.3, -0.25) is 0 Å². The van der Waals surface area contributed by atoms with Gasteiger partial charge in [-0.1, -0.05) is 6.07 Å². The van der Waals surface area contributed by atoms with Crippen LogP contribution in [0.5, 0.6) is 0 Å². The number of hydrogen-bond acceptors (Lipinski definition) is 3. The molecule has 4 nitrogen and oxygen atoms in total. The van der Waals surface area contributed by atoms with E-state index < -0.39 is 10.0 Å². The van der Waals surface area contributed by atoms with Crippen LogP contribution >= 0.6 is 0 Å². The molecule has 1 aliphatic heterocycles. The van der Waals surface area contributed by atoms with E-state index >= 15 is 0 Å². The Kier molecular flexibility index (Phi) is 2.20. The van der Waals surface area contributed by atoms with Gasteiger partial charge >= 0.3 is 0 Å². The molecule has 14 heavy (non-hydrogen) atoms. The van der Waals surface area contributed by atoms with Crippen molar-refractivity contribution in [2.45, 2.75) is 11.8 Å². The molecular formula is C9H12N2O2S. The van der Waals surface area contributed by atoms with Crippen LogP contribution in [-0.2, 0) is 10.0 Å². The summed E-state index contributed by atoms with van der Waals surface area (Å²) < 4.78 is 25.9. The van der Waals surface area contributed by atoms with Gasteiger partial charge in [-0.05, 0) is 24.6 Å². The van der Waals surface area contributed by atoms with E-state index in [1.807, 2.05) is 13.0 Å². The summed E-state index contributed by atoms with van der Waals surface area (Å²) in [6.07, 6.45) is 0. The smallest absolute Gasteiger partial charge is 0.242 e. The van der Waals surface area contributed by atoms with E-state index in [-0.39, 0.29) is 0 Å². The monoisotopic (exact) mass is 212 g/mol. The summed E-state index contributed by atoms with van der Waals surface area (Å²) >= 11 is 0. The fourth-order valence-corrected chi connectivity index (χ4v) is 2.76. The zero-order valence-corrected chi connectivity index (χ0v) is 8.69. The van der Waals surface area contributed by atoms with Gasteiger partial charge in [-0.25, -0.2) is 13.1 Å². The summed E-state index contributed by atoms with van der Waals surface area (Å²) in [5, 5.41) is 3.07. The second kappa shape index (κ2) is 3.25. The first kappa shape index (κ1) is 9.48. The lowest BCUT2D eigenvalue weighted by molar-refractivity contribution is 0.585. The van der Waals surface area contributed by atoms with Crippen LogP contribution in [0.2, 0.25) is 0 Å². The third kappa shape index (κ3) is 1.60. The van der Waals surface area contributed by atoms with Crippen molar-refractivity contribution in [3.8, 4) is 0 Å². The summed E-state index contributed by atoms with van der Waals surface area (Å²) in [6, 6.07) is 5.37. The first-order valence-corrected chi connectivity index (χ1v) is 5.92. The minimum absolute atomic E-state index is 0.343. The Bertz CT molecular complexity index is 454. The Morgan fingerprint density at radius 3 is 2.86 bits per heavy atom. The zero-order valence-electron chi connectivity index (χ0n) is 7.87. The first-order valence-electron chi connectivity index (χ1n) is 4.44. The average molecular weight is 212 g/mol. The highest BCUT2D eigenvalue weighted by Gasteiger charge is 2.20. The van der Waals surface area contributed by atoms with Gasteiger partial charge in [0.1, 0.15) is 4.90 Å². The molecule has 2 rings (SSSR count). The van der Waals surface area contributed by atoms with Crippen LogP contribution in [0, 0.1) is 6.92 Å². The van der Waals surface area contributed by atoms with Crippen LogP contribution in [-0.4, -0.2) is 21.5 Å². The molecule has 0 saturated heterocycles. The maximum Gasteiger partial charge on any atom is 0.242 e. The molecule has 0 amide bonds. The highest BCUT2D eigenvalue weighted by atomic mass is 32.2. The van der Waals surface area contributed by atoms with Crippen LogP contribution < -0.4 is 10.0 Å². The van der Waals surface area contributed by atoms with Gasteiger partial charge in [0.15, 0.2) is 0 Å². The topological polar surface area (TPSA) is 58.2 Å². The van der Waals surface area contributed by atoms with Crippen molar-refractivity contribution in [3.05, 3.63) is 23.8 Å². The van der Waals surface area contributed by atoms with Crippen LogP contribution in [0.3, 0.4) is 0 Å². The molecule has 76 valence electrons. The number of hydrogen-bond donors (Lipinski definition) is 2. The molecule has 0 spiro atoms. The van der Waals surface area contributed by atoms with Crippen molar-refractivity contribution in [1.29, 1.82) is 0 Å². The van der Waals surface area contributed by atoms with Crippen LogP contribution in [0.1, 0.15) is 5.56 Å². The predicted molar refractivity (Wildman–Crippen MR) is 54.9 cm³/mol. The normalized spacial score (nSPS) is 19.2. The van der Waals surface area contributed by atoms with E-state index in [0.29, 0.717) is 23.7 Å². The Balaban J connectivity index is 2.64. The highest BCUT2D eigenvalue weighted by molar-refractivity contribution is 7.89. The molecule has 2 N–H and O–H groups in total. The lowest BCUT2D eigenvalue weighted by Gasteiger charge is -2.07. The van der Waals surface area contributed by atoms with Crippen LogP contribution in [0.25, 0.3) is 0 Å². The lowest BCUT2D eigenvalue weighted by atomic mass is 10.2. The summed E-state index contributed by atoms with van der Waals surface area (Å²) in [5.74, 6) is 0. The van der Waals surface area contributed by atoms with Gasteiger partial charge < -0.3 is 5.32 Å². The second-order valence-corrected chi connectivity index (χ2v) is 5.06. The van der Waals surface area contributed by atoms with E-state index in [4.69, 9.17) is 0 Å².